The van der Waals surface area contributed by atoms with Crippen molar-refractivity contribution < 1.29 is 0 Å². The summed E-state index contributed by atoms with van der Waals surface area (Å²) in [6.45, 7) is 0. The maximum atomic E-state index is 4.42. The van der Waals surface area contributed by atoms with Gasteiger partial charge in [-0.15, -0.1) is 5.10 Å². The molecule has 4 heteroatoms. The SMILES string of the molecule is c1ccc(-n2cc3ccccc3c2-n2nnc3ccccc32)cc1. The second kappa shape index (κ2) is 5.06. The van der Waals surface area contributed by atoms with Gasteiger partial charge >= 0.3 is 0 Å². The Balaban J connectivity index is 1.90. The van der Waals surface area contributed by atoms with Gasteiger partial charge in [0.1, 0.15) is 11.3 Å². The minimum absolute atomic E-state index is 0.891. The Kier molecular flexibility index (Phi) is 2.76. The average molecular weight is 310 g/mol. The molecule has 0 bridgehead atoms. The fraction of sp³-hybridized carbons (Fsp3) is 0. The van der Waals surface area contributed by atoms with Crippen molar-refractivity contribution in [3.8, 4) is 11.5 Å². The molecule has 0 spiro atoms. The van der Waals surface area contributed by atoms with Crippen molar-refractivity contribution in [3.05, 3.63) is 85.1 Å². The van der Waals surface area contributed by atoms with Gasteiger partial charge < -0.3 is 4.57 Å². The standard InChI is InChI=1S/C20H14N4/c1-2-9-16(10-3-1)23-14-15-8-4-5-11-17(15)20(23)24-19-13-7-6-12-18(19)21-22-24/h1-14H. The van der Waals surface area contributed by atoms with E-state index in [1.165, 1.54) is 5.39 Å². The van der Waals surface area contributed by atoms with Gasteiger partial charge in [-0.1, -0.05) is 59.8 Å². The highest BCUT2D eigenvalue weighted by Gasteiger charge is 2.15. The number of hydrogen-bond acceptors (Lipinski definition) is 2. The van der Waals surface area contributed by atoms with Gasteiger partial charge in [0.15, 0.2) is 0 Å². The molecule has 3 aromatic carbocycles. The minimum atomic E-state index is 0.891. The van der Waals surface area contributed by atoms with Crippen LogP contribution in [0.4, 0.5) is 0 Å². The van der Waals surface area contributed by atoms with Crippen molar-refractivity contribution in [1.29, 1.82) is 0 Å². The first-order valence-corrected chi connectivity index (χ1v) is 7.88. The first-order chi connectivity index (χ1) is 11.9. The van der Waals surface area contributed by atoms with Gasteiger partial charge in [-0.2, -0.15) is 4.68 Å². The summed E-state index contributed by atoms with van der Waals surface area (Å²) < 4.78 is 4.09. The van der Waals surface area contributed by atoms with Crippen molar-refractivity contribution in [2.75, 3.05) is 0 Å². The fourth-order valence-electron chi connectivity index (χ4n) is 3.17. The molecule has 5 rings (SSSR count). The second-order valence-corrected chi connectivity index (χ2v) is 5.74. The Morgan fingerprint density at radius 2 is 1.46 bits per heavy atom. The number of benzene rings is 3. The van der Waals surface area contributed by atoms with Crippen molar-refractivity contribution in [3.63, 3.8) is 0 Å². The predicted octanol–water partition coefficient (Wildman–Crippen LogP) is 4.36. The van der Waals surface area contributed by atoms with E-state index < -0.39 is 0 Å². The molecule has 0 fully saturated rings. The van der Waals surface area contributed by atoms with E-state index in [9.17, 15) is 0 Å². The zero-order chi connectivity index (χ0) is 15.9. The lowest BCUT2D eigenvalue weighted by molar-refractivity contribution is 0.786. The summed E-state index contributed by atoms with van der Waals surface area (Å²) in [4.78, 5) is 0. The summed E-state index contributed by atoms with van der Waals surface area (Å²) in [6.07, 6.45) is 2.15. The maximum absolute atomic E-state index is 4.42. The molecule has 0 unspecified atom stereocenters. The molecule has 0 atom stereocenters. The third kappa shape index (κ3) is 1.86. The van der Waals surface area contributed by atoms with Gasteiger partial charge in [0.2, 0.25) is 0 Å². The highest BCUT2D eigenvalue weighted by atomic mass is 15.5. The van der Waals surface area contributed by atoms with Crippen molar-refractivity contribution in [2.45, 2.75) is 0 Å². The van der Waals surface area contributed by atoms with Crippen LogP contribution in [-0.4, -0.2) is 19.6 Å². The fourth-order valence-corrected chi connectivity index (χ4v) is 3.17. The molecule has 0 radical (unpaired) electrons. The van der Waals surface area contributed by atoms with Crippen LogP contribution in [0.15, 0.2) is 85.1 Å². The summed E-state index contributed by atoms with van der Waals surface area (Å²) in [6, 6.07) is 26.7. The number of aromatic nitrogens is 4. The van der Waals surface area contributed by atoms with E-state index in [2.05, 4.69) is 57.5 Å². The topological polar surface area (TPSA) is 35.6 Å². The average Bonchev–Trinajstić information content (AvgIpc) is 3.23. The Hall–Kier alpha value is -3.40. The maximum Gasteiger partial charge on any atom is 0.149 e. The molecule has 5 aromatic rings. The highest BCUT2D eigenvalue weighted by molar-refractivity contribution is 5.92. The summed E-state index contributed by atoms with van der Waals surface area (Å²) in [5.74, 6) is 1.01. The molecule has 2 aromatic heterocycles. The van der Waals surface area contributed by atoms with Crippen molar-refractivity contribution >= 4 is 21.8 Å². The van der Waals surface area contributed by atoms with Crippen molar-refractivity contribution in [1.82, 2.24) is 19.6 Å². The molecule has 0 amide bonds. The van der Waals surface area contributed by atoms with Crippen LogP contribution in [0, 0.1) is 0 Å². The van der Waals surface area contributed by atoms with Gasteiger partial charge in [0.05, 0.1) is 5.52 Å². The summed E-state index contributed by atoms with van der Waals surface area (Å²) in [5, 5.41) is 11.1. The van der Waals surface area contributed by atoms with E-state index in [-0.39, 0.29) is 0 Å². The monoisotopic (exact) mass is 310 g/mol. The Morgan fingerprint density at radius 3 is 2.38 bits per heavy atom. The lowest BCUT2D eigenvalue weighted by Crippen LogP contribution is -2.05. The molecule has 0 saturated heterocycles. The molecule has 0 aliphatic rings. The summed E-state index contributed by atoms with van der Waals surface area (Å²) in [7, 11) is 0. The molecule has 0 aliphatic heterocycles. The smallest absolute Gasteiger partial charge is 0.149 e. The lowest BCUT2D eigenvalue weighted by atomic mass is 10.2. The van der Waals surface area contributed by atoms with Crippen LogP contribution in [0.3, 0.4) is 0 Å². The predicted molar refractivity (Wildman–Crippen MR) is 95.7 cm³/mol. The lowest BCUT2D eigenvalue weighted by Gasteiger charge is -2.10. The zero-order valence-electron chi connectivity index (χ0n) is 12.9. The largest absolute Gasteiger partial charge is 0.301 e. The minimum Gasteiger partial charge on any atom is -0.301 e. The van der Waals surface area contributed by atoms with Gasteiger partial charge in [-0.3, -0.25) is 0 Å². The second-order valence-electron chi connectivity index (χ2n) is 5.74. The molecule has 24 heavy (non-hydrogen) atoms. The molecule has 4 nitrogen and oxygen atoms in total. The highest BCUT2D eigenvalue weighted by Crippen LogP contribution is 2.29. The number of para-hydroxylation sites is 2. The Labute approximate surface area is 138 Å². The van der Waals surface area contributed by atoms with Gasteiger partial charge in [0.25, 0.3) is 0 Å². The molecule has 0 saturated carbocycles. The van der Waals surface area contributed by atoms with Crippen LogP contribution in [0.5, 0.6) is 0 Å². The Morgan fingerprint density at radius 1 is 0.708 bits per heavy atom. The molecule has 0 aliphatic carbocycles. The summed E-state index contributed by atoms with van der Waals surface area (Å²) >= 11 is 0. The van der Waals surface area contributed by atoms with E-state index >= 15 is 0 Å². The number of nitrogens with zero attached hydrogens (tertiary/aromatic N) is 4. The quantitative estimate of drug-likeness (QED) is 0.485. The summed E-state index contributed by atoms with van der Waals surface area (Å²) in [5.41, 5.74) is 2.99. The third-order valence-electron chi connectivity index (χ3n) is 4.28. The van der Waals surface area contributed by atoms with Crippen molar-refractivity contribution in [2.24, 2.45) is 0 Å². The van der Waals surface area contributed by atoms with E-state index in [0.717, 1.165) is 27.9 Å². The van der Waals surface area contributed by atoms with E-state index in [1.807, 2.05) is 47.1 Å². The van der Waals surface area contributed by atoms with Crippen LogP contribution < -0.4 is 0 Å². The van der Waals surface area contributed by atoms with Crippen LogP contribution in [0.25, 0.3) is 33.3 Å². The molecular formula is C20H14N4. The van der Waals surface area contributed by atoms with Crippen LogP contribution in [0.1, 0.15) is 0 Å². The number of hydrogen-bond donors (Lipinski definition) is 0. The van der Waals surface area contributed by atoms with E-state index in [1.54, 1.807) is 0 Å². The first-order valence-electron chi connectivity index (χ1n) is 7.88. The van der Waals surface area contributed by atoms with Crippen LogP contribution in [-0.2, 0) is 0 Å². The molecular weight excluding hydrogens is 296 g/mol. The van der Waals surface area contributed by atoms with Crippen LogP contribution in [0.2, 0.25) is 0 Å². The Bertz CT molecular complexity index is 1150. The van der Waals surface area contributed by atoms with E-state index in [0.29, 0.717) is 0 Å². The molecule has 2 heterocycles. The van der Waals surface area contributed by atoms with Crippen LogP contribution >= 0.6 is 0 Å². The van der Waals surface area contributed by atoms with Gasteiger partial charge in [-0.25, -0.2) is 0 Å². The first kappa shape index (κ1) is 13.1. The zero-order valence-corrected chi connectivity index (χ0v) is 12.9. The van der Waals surface area contributed by atoms with Gasteiger partial charge in [0, 0.05) is 22.7 Å². The molecule has 0 N–H and O–H groups in total. The third-order valence-corrected chi connectivity index (χ3v) is 4.28. The number of fused-ring (bicyclic) bond motifs is 2. The molecule has 114 valence electrons. The number of rotatable bonds is 2. The normalized spacial score (nSPS) is 11.3. The van der Waals surface area contributed by atoms with Gasteiger partial charge in [-0.05, 0) is 24.3 Å². The van der Waals surface area contributed by atoms with E-state index in [4.69, 9.17) is 0 Å².